The molecule has 0 amide bonds. The van der Waals surface area contributed by atoms with Gasteiger partial charge in [-0.2, -0.15) is 0 Å². The van der Waals surface area contributed by atoms with Gasteiger partial charge in [-0.25, -0.2) is 13.2 Å². The minimum Gasteiger partial charge on any atom is -0.398 e. The van der Waals surface area contributed by atoms with Crippen LogP contribution >= 0.6 is 0 Å². The summed E-state index contributed by atoms with van der Waals surface area (Å²) in [5.41, 5.74) is 5.23. The fraction of sp³-hybridized carbons (Fsp3) is 0. The Kier molecular flexibility index (Phi) is 3.06. The molecule has 0 unspecified atom stereocenters. The number of nitrogen functional groups attached to an aromatic ring is 1. The molecule has 2 aromatic carbocycles. The largest absolute Gasteiger partial charge is 0.398 e. The molecule has 0 heterocycles. The highest BCUT2D eigenvalue weighted by molar-refractivity contribution is 6.12. The molecule has 0 aromatic heterocycles. The molecule has 0 radical (unpaired) electrons. The Morgan fingerprint density at radius 1 is 0.889 bits per heavy atom. The van der Waals surface area contributed by atoms with Crippen LogP contribution in [0.1, 0.15) is 15.9 Å². The summed E-state index contributed by atoms with van der Waals surface area (Å²) in [6.45, 7) is 0. The molecule has 0 bridgehead atoms. The van der Waals surface area contributed by atoms with Gasteiger partial charge in [0.2, 0.25) is 0 Å². The van der Waals surface area contributed by atoms with E-state index < -0.39 is 23.2 Å². The van der Waals surface area contributed by atoms with Gasteiger partial charge in [-0.05, 0) is 30.3 Å². The van der Waals surface area contributed by atoms with Gasteiger partial charge in [0.15, 0.2) is 5.78 Å². The van der Waals surface area contributed by atoms with Gasteiger partial charge in [-0.1, -0.05) is 0 Å². The molecule has 0 fully saturated rings. The van der Waals surface area contributed by atoms with Crippen LogP contribution in [0.2, 0.25) is 0 Å². The van der Waals surface area contributed by atoms with E-state index in [1.165, 1.54) is 6.07 Å². The fourth-order valence-corrected chi connectivity index (χ4v) is 1.57. The molecular formula is C13H8F3NO. The number of hydrogen-bond acceptors (Lipinski definition) is 2. The first-order valence-electron chi connectivity index (χ1n) is 5.03. The Labute approximate surface area is 101 Å². The minimum atomic E-state index is -0.881. The third-order valence-corrected chi connectivity index (χ3v) is 2.38. The number of benzene rings is 2. The Bertz CT molecular complexity index is 605. The molecule has 0 atom stereocenters. The topological polar surface area (TPSA) is 43.1 Å². The number of carbonyl (C=O) groups is 1. The number of ketones is 1. The molecule has 0 aliphatic carbocycles. The first kappa shape index (κ1) is 12.2. The summed E-state index contributed by atoms with van der Waals surface area (Å²) in [7, 11) is 0. The normalized spacial score (nSPS) is 10.4. The average Bonchev–Trinajstić information content (AvgIpc) is 2.30. The second-order valence-electron chi connectivity index (χ2n) is 3.72. The number of halogens is 3. The summed E-state index contributed by atoms with van der Waals surface area (Å²) in [6, 6.07) is 5.63. The highest BCUT2D eigenvalue weighted by Gasteiger charge is 2.15. The lowest BCUT2D eigenvalue weighted by atomic mass is 10.0. The van der Waals surface area contributed by atoms with Crippen LogP contribution in [-0.2, 0) is 0 Å². The van der Waals surface area contributed by atoms with Gasteiger partial charge in [0.25, 0.3) is 0 Å². The lowest BCUT2D eigenvalue weighted by molar-refractivity contribution is 0.103. The maximum Gasteiger partial charge on any atom is 0.195 e. The van der Waals surface area contributed by atoms with Crippen LogP contribution in [0.25, 0.3) is 0 Å². The zero-order valence-corrected chi connectivity index (χ0v) is 9.08. The molecule has 18 heavy (non-hydrogen) atoms. The number of nitrogens with two attached hydrogens (primary N) is 1. The second-order valence-corrected chi connectivity index (χ2v) is 3.72. The van der Waals surface area contributed by atoms with E-state index in [2.05, 4.69) is 0 Å². The first-order chi connectivity index (χ1) is 8.47. The van der Waals surface area contributed by atoms with Crippen molar-refractivity contribution >= 4 is 11.5 Å². The van der Waals surface area contributed by atoms with Gasteiger partial charge in [0.1, 0.15) is 17.5 Å². The summed E-state index contributed by atoms with van der Waals surface area (Å²) >= 11 is 0. The molecule has 0 spiro atoms. The maximum atomic E-state index is 13.0. The quantitative estimate of drug-likeness (QED) is 0.658. The van der Waals surface area contributed by atoms with Gasteiger partial charge in [0.05, 0.1) is 0 Å². The van der Waals surface area contributed by atoms with Gasteiger partial charge in [-0.15, -0.1) is 0 Å². The first-order valence-corrected chi connectivity index (χ1v) is 5.03. The van der Waals surface area contributed by atoms with E-state index in [1.54, 1.807) is 0 Å². The van der Waals surface area contributed by atoms with Crippen LogP contribution in [-0.4, -0.2) is 5.78 Å². The fourth-order valence-electron chi connectivity index (χ4n) is 1.57. The predicted octanol–water partition coefficient (Wildman–Crippen LogP) is 2.92. The van der Waals surface area contributed by atoms with Crippen molar-refractivity contribution in [1.82, 2.24) is 0 Å². The van der Waals surface area contributed by atoms with Crippen LogP contribution in [0.4, 0.5) is 18.9 Å². The van der Waals surface area contributed by atoms with Crippen LogP contribution in [0, 0.1) is 17.5 Å². The van der Waals surface area contributed by atoms with E-state index in [-0.39, 0.29) is 16.8 Å². The predicted molar refractivity (Wildman–Crippen MR) is 60.6 cm³/mol. The van der Waals surface area contributed by atoms with Crippen LogP contribution in [0.5, 0.6) is 0 Å². The monoisotopic (exact) mass is 251 g/mol. The molecule has 2 rings (SSSR count). The summed E-state index contributed by atoms with van der Waals surface area (Å²) < 4.78 is 39.0. The van der Waals surface area contributed by atoms with Crippen molar-refractivity contribution < 1.29 is 18.0 Å². The average molecular weight is 251 g/mol. The van der Waals surface area contributed by atoms with E-state index in [4.69, 9.17) is 5.73 Å². The van der Waals surface area contributed by atoms with E-state index in [1.807, 2.05) is 0 Å². The second kappa shape index (κ2) is 4.52. The zero-order valence-electron chi connectivity index (χ0n) is 9.08. The summed E-state index contributed by atoms with van der Waals surface area (Å²) in [5.74, 6) is -3.14. The van der Waals surface area contributed by atoms with Crippen molar-refractivity contribution in [3.8, 4) is 0 Å². The summed E-state index contributed by atoms with van der Waals surface area (Å²) in [6.07, 6.45) is 0. The number of anilines is 1. The lowest BCUT2D eigenvalue weighted by Crippen LogP contribution is -2.06. The minimum absolute atomic E-state index is 0.0473. The molecule has 0 saturated carbocycles. The van der Waals surface area contributed by atoms with E-state index >= 15 is 0 Å². The summed E-state index contributed by atoms with van der Waals surface area (Å²) in [4.78, 5) is 11.9. The SMILES string of the molecule is Nc1ccc(F)cc1C(=O)c1cc(F)cc(F)c1. The Balaban J connectivity index is 2.51. The highest BCUT2D eigenvalue weighted by atomic mass is 19.1. The van der Waals surface area contributed by atoms with E-state index in [9.17, 15) is 18.0 Å². The third kappa shape index (κ3) is 2.34. The van der Waals surface area contributed by atoms with Gasteiger partial charge in [0, 0.05) is 22.9 Å². The van der Waals surface area contributed by atoms with E-state index in [0.29, 0.717) is 6.07 Å². The Morgan fingerprint density at radius 3 is 2.11 bits per heavy atom. The van der Waals surface area contributed by atoms with Crippen LogP contribution < -0.4 is 5.73 Å². The Morgan fingerprint density at radius 2 is 1.50 bits per heavy atom. The number of carbonyl (C=O) groups excluding carboxylic acids is 1. The molecule has 2 N–H and O–H groups in total. The molecule has 0 aliphatic heterocycles. The molecule has 92 valence electrons. The maximum absolute atomic E-state index is 13.0. The van der Waals surface area contributed by atoms with Gasteiger partial charge < -0.3 is 5.73 Å². The molecule has 0 aliphatic rings. The number of hydrogen-bond donors (Lipinski definition) is 1. The summed E-state index contributed by atoms with van der Waals surface area (Å²) in [5, 5.41) is 0. The van der Waals surface area contributed by atoms with Crippen LogP contribution in [0.15, 0.2) is 36.4 Å². The van der Waals surface area contributed by atoms with E-state index in [0.717, 1.165) is 24.3 Å². The van der Waals surface area contributed by atoms with Crippen molar-refractivity contribution in [2.24, 2.45) is 0 Å². The highest BCUT2D eigenvalue weighted by Crippen LogP contribution is 2.19. The standard InChI is InChI=1S/C13H8F3NO/c14-8-1-2-12(17)11(6-8)13(18)7-3-9(15)5-10(16)4-7/h1-6H,17H2. The van der Waals surface area contributed by atoms with Crippen LogP contribution in [0.3, 0.4) is 0 Å². The Hall–Kier alpha value is -2.30. The van der Waals surface area contributed by atoms with Crippen molar-refractivity contribution in [2.75, 3.05) is 5.73 Å². The zero-order chi connectivity index (χ0) is 13.3. The van der Waals surface area contributed by atoms with Crippen molar-refractivity contribution in [1.29, 1.82) is 0 Å². The number of rotatable bonds is 2. The molecule has 2 aromatic rings. The van der Waals surface area contributed by atoms with Gasteiger partial charge in [-0.3, -0.25) is 4.79 Å². The van der Waals surface area contributed by atoms with Gasteiger partial charge >= 0.3 is 0 Å². The molecule has 0 saturated heterocycles. The van der Waals surface area contributed by atoms with Crippen molar-refractivity contribution in [3.63, 3.8) is 0 Å². The molecular weight excluding hydrogens is 243 g/mol. The lowest BCUT2D eigenvalue weighted by Gasteiger charge is -2.05. The molecule has 5 heteroatoms. The smallest absolute Gasteiger partial charge is 0.195 e. The molecule has 2 nitrogen and oxygen atoms in total. The third-order valence-electron chi connectivity index (χ3n) is 2.38. The van der Waals surface area contributed by atoms with Crippen molar-refractivity contribution in [3.05, 3.63) is 65.0 Å². The van der Waals surface area contributed by atoms with Crippen molar-refractivity contribution in [2.45, 2.75) is 0 Å².